The van der Waals surface area contributed by atoms with Crippen LogP contribution in [0.15, 0.2) is 40.9 Å². The third kappa shape index (κ3) is 2.67. The molecule has 4 nitrogen and oxygen atoms in total. The summed E-state index contributed by atoms with van der Waals surface area (Å²) in [5.41, 5.74) is 1.75. The molecule has 3 rings (SSSR count). The van der Waals surface area contributed by atoms with Crippen molar-refractivity contribution in [3.63, 3.8) is 0 Å². The number of amides is 1. The Bertz CT molecular complexity index is 559. The van der Waals surface area contributed by atoms with Gasteiger partial charge in [-0.1, -0.05) is 41.9 Å². The fraction of sp³-hybridized carbons (Fsp3) is 0.333. The van der Waals surface area contributed by atoms with Crippen molar-refractivity contribution >= 4 is 5.91 Å². The van der Waals surface area contributed by atoms with Crippen molar-refractivity contribution in [3.05, 3.63) is 42.1 Å². The quantitative estimate of drug-likeness (QED) is 0.915. The number of rotatable bonds is 4. The molecular formula is C15H16N2O2. The van der Waals surface area contributed by atoms with Gasteiger partial charge in [-0.15, -0.1) is 0 Å². The van der Waals surface area contributed by atoms with Gasteiger partial charge in [0.15, 0.2) is 5.76 Å². The minimum absolute atomic E-state index is 0.135. The summed E-state index contributed by atoms with van der Waals surface area (Å²) in [5, 5.41) is 6.88. The number of nitrogens with zero attached hydrogens (tertiary/aromatic N) is 1. The van der Waals surface area contributed by atoms with Crippen LogP contribution in [0.3, 0.4) is 0 Å². The maximum absolute atomic E-state index is 11.7. The lowest BCUT2D eigenvalue weighted by Gasteiger charge is -2.23. The molecule has 1 aliphatic carbocycles. The first kappa shape index (κ1) is 12.0. The van der Waals surface area contributed by atoms with E-state index in [1.165, 1.54) is 6.42 Å². The monoisotopic (exact) mass is 256 g/mol. The molecule has 0 bridgehead atoms. The Morgan fingerprint density at radius 3 is 2.79 bits per heavy atom. The topological polar surface area (TPSA) is 55.1 Å². The molecule has 0 radical (unpaired) electrons. The van der Waals surface area contributed by atoms with E-state index in [-0.39, 0.29) is 11.8 Å². The minimum atomic E-state index is 0.135. The molecule has 0 saturated heterocycles. The van der Waals surface area contributed by atoms with Crippen LogP contribution in [0.25, 0.3) is 11.3 Å². The van der Waals surface area contributed by atoms with Crippen molar-refractivity contribution in [1.29, 1.82) is 0 Å². The molecule has 0 unspecified atom stereocenters. The van der Waals surface area contributed by atoms with Gasteiger partial charge >= 0.3 is 0 Å². The smallest absolute Gasteiger partial charge is 0.223 e. The van der Waals surface area contributed by atoms with E-state index in [0.29, 0.717) is 6.54 Å². The third-order valence-electron chi connectivity index (χ3n) is 3.54. The number of benzene rings is 1. The van der Waals surface area contributed by atoms with E-state index in [1.807, 2.05) is 36.4 Å². The summed E-state index contributed by atoms with van der Waals surface area (Å²) in [6.45, 7) is 0.436. The maximum atomic E-state index is 11.7. The van der Waals surface area contributed by atoms with Gasteiger partial charge in [0.2, 0.25) is 5.91 Å². The molecule has 19 heavy (non-hydrogen) atoms. The van der Waals surface area contributed by atoms with E-state index >= 15 is 0 Å². The highest BCUT2D eigenvalue weighted by Crippen LogP contribution is 2.26. The largest absolute Gasteiger partial charge is 0.356 e. The molecule has 0 atom stereocenters. The van der Waals surface area contributed by atoms with Crippen LogP contribution in [0.5, 0.6) is 0 Å². The molecule has 4 heteroatoms. The van der Waals surface area contributed by atoms with Crippen LogP contribution < -0.4 is 5.32 Å². The molecule has 1 aliphatic rings. The third-order valence-corrected chi connectivity index (χ3v) is 3.54. The lowest BCUT2D eigenvalue weighted by Crippen LogP contribution is -2.34. The van der Waals surface area contributed by atoms with E-state index < -0.39 is 0 Å². The number of hydrogen-bond donors (Lipinski definition) is 1. The van der Waals surface area contributed by atoms with Crippen molar-refractivity contribution in [1.82, 2.24) is 10.5 Å². The number of carbonyl (C=O) groups is 1. The van der Waals surface area contributed by atoms with Crippen LogP contribution in [0, 0.1) is 5.92 Å². The van der Waals surface area contributed by atoms with Gasteiger partial charge in [0.1, 0.15) is 5.69 Å². The first-order chi connectivity index (χ1) is 9.33. The number of hydrogen-bond acceptors (Lipinski definition) is 3. The predicted octanol–water partition coefficient (Wildman–Crippen LogP) is 2.76. The lowest BCUT2D eigenvalue weighted by molar-refractivity contribution is -0.127. The standard InChI is InChI=1S/C15H16N2O2/c18-15(12-7-4-8-12)16-10-13-9-14(19-17-13)11-5-2-1-3-6-11/h1-3,5-6,9,12H,4,7-8,10H2,(H,16,18). The second-order valence-corrected chi connectivity index (χ2v) is 4.89. The SMILES string of the molecule is O=C(NCc1cc(-c2ccccc2)on1)C1CCC1. The zero-order valence-corrected chi connectivity index (χ0v) is 10.6. The molecular weight excluding hydrogens is 240 g/mol. The number of nitrogens with one attached hydrogen (secondary N) is 1. The summed E-state index contributed by atoms with van der Waals surface area (Å²) in [6, 6.07) is 11.7. The average molecular weight is 256 g/mol. The van der Waals surface area contributed by atoms with E-state index in [4.69, 9.17) is 4.52 Å². The summed E-state index contributed by atoms with van der Waals surface area (Å²) in [6.07, 6.45) is 3.19. The van der Waals surface area contributed by atoms with E-state index in [9.17, 15) is 4.79 Å². The predicted molar refractivity (Wildman–Crippen MR) is 71.1 cm³/mol. The highest BCUT2D eigenvalue weighted by atomic mass is 16.5. The molecule has 2 aromatic rings. The fourth-order valence-corrected chi connectivity index (χ4v) is 2.13. The Kier molecular flexibility index (Phi) is 3.31. The Morgan fingerprint density at radius 2 is 2.11 bits per heavy atom. The number of carbonyl (C=O) groups excluding carboxylic acids is 1. The molecule has 0 spiro atoms. The van der Waals surface area contributed by atoms with Crippen LogP contribution in [0.4, 0.5) is 0 Å². The van der Waals surface area contributed by atoms with Gasteiger partial charge < -0.3 is 9.84 Å². The summed E-state index contributed by atoms with van der Waals surface area (Å²) in [4.78, 5) is 11.7. The van der Waals surface area contributed by atoms with Crippen molar-refractivity contribution in [3.8, 4) is 11.3 Å². The van der Waals surface area contributed by atoms with Crippen LogP contribution in [0.2, 0.25) is 0 Å². The lowest BCUT2D eigenvalue weighted by atomic mass is 9.85. The first-order valence-electron chi connectivity index (χ1n) is 6.61. The van der Waals surface area contributed by atoms with Crippen molar-refractivity contribution in [2.45, 2.75) is 25.8 Å². The summed E-state index contributed by atoms with van der Waals surface area (Å²) < 4.78 is 5.28. The molecule has 1 fully saturated rings. The second-order valence-electron chi connectivity index (χ2n) is 4.89. The Hall–Kier alpha value is -2.10. The highest BCUT2D eigenvalue weighted by molar-refractivity contribution is 5.79. The van der Waals surface area contributed by atoms with Crippen molar-refractivity contribution < 1.29 is 9.32 Å². The van der Waals surface area contributed by atoms with Crippen molar-refractivity contribution in [2.75, 3.05) is 0 Å². The van der Waals surface area contributed by atoms with Crippen LogP contribution in [-0.2, 0) is 11.3 Å². The minimum Gasteiger partial charge on any atom is -0.356 e. The van der Waals surface area contributed by atoms with E-state index in [2.05, 4.69) is 10.5 Å². The van der Waals surface area contributed by atoms with Crippen LogP contribution in [-0.4, -0.2) is 11.1 Å². The average Bonchev–Trinajstić information content (AvgIpc) is 2.84. The highest BCUT2D eigenvalue weighted by Gasteiger charge is 2.24. The van der Waals surface area contributed by atoms with Crippen LogP contribution >= 0.6 is 0 Å². The van der Waals surface area contributed by atoms with E-state index in [0.717, 1.165) is 29.9 Å². The Balaban J connectivity index is 1.60. The van der Waals surface area contributed by atoms with E-state index in [1.54, 1.807) is 0 Å². The van der Waals surface area contributed by atoms with Gasteiger partial charge in [-0.2, -0.15) is 0 Å². The molecule has 1 amide bonds. The normalized spacial score (nSPS) is 14.9. The second kappa shape index (κ2) is 5.26. The maximum Gasteiger partial charge on any atom is 0.223 e. The molecule has 1 aromatic heterocycles. The fourth-order valence-electron chi connectivity index (χ4n) is 2.13. The van der Waals surface area contributed by atoms with Gasteiger partial charge in [-0.25, -0.2) is 0 Å². The van der Waals surface area contributed by atoms with Gasteiger partial charge in [0.05, 0.1) is 6.54 Å². The zero-order valence-electron chi connectivity index (χ0n) is 10.6. The molecule has 0 aliphatic heterocycles. The van der Waals surface area contributed by atoms with Gasteiger partial charge in [-0.3, -0.25) is 4.79 Å². The molecule has 1 heterocycles. The van der Waals surface area contributed by atoms with Crippen LogP contribution in [0.1, 0.15) is 25.0 Å². The number of aromatic nitrogens is 1. The zero-order chi connectivity index (χ0) is 13.1. The van der Waals surface area contributed by atoms with Gasteiger partial charge in [-0.05, 0) is 12.8 Å². The Labute approximate surface area is 111 Å². The van der Waals surface area contributed by atoms with Gasteiger partial charge in [0.25, 0.3) is 0 Å². The summed E-state index contributed by atoms with van der Waals surface area (Å²) in [5.74, 6) is 1.07. The van der Waals surface area contributed by atoms with Crippen molar-refractivity contribution in [2.24, 2.45) is 5.92 Å². The Morgan fingerprint density at radius 1 is 1.32 bits per heavy atom. The molecule has 1 N–H and O–H groups in total. The summed E-state index contributed by atoms with van der Waals surface area (Å²) >= 11 is 0. The van der Waals surface area contributed by atoms with Gasteiger partial charge in [0, 0.05) is 17.5 Å². The molecule has 98 valence electrons. The first-order valence-corrected chi connectivity index (χ1v) is 6.61. The molecule has 1 aromatic carbocycles. The molecule has 1 saturated carbocycles. The summed E-state index contributed by atoms with van der Waals surface area (Å²) in [7, 11) is 0.